The van der Waals surface area contributed by atoms with E-state index in [0.29, 0.717) is 22.3 Å². The predicted octanol–water partition coefficient (Wildman–Crippen LogP) is 1.71. The molecule has 1 N–H and O–H groups in total. The Kier molecular flexibility index (Phi) is 2.43. The molecule has 2 rings (SSSR count). The molecule has 0 unspecified atom stereocenters. The van der Waals surface area contributed by atoms with Crippen LogP contribution in [0.5, 0.6) is 0 Å². The minimum Gasteiger partial charge on any atom is -0.465 e. The monoisotopic (exact) mass is 206 g/mol. The van der Waals surface area contributed by atoms with E-state index in [4.69, 9.17) is 9.52 Å². The van der Waals surface area contributed by atoms with Crippen LogP contribution in [0.15, 0.2) is 28.7 Å². The Bertz CT molecular complexity index is 498. The third-order valence-electron chi connectivity index (χ3n) is 2.17. The number of benzene rings is 1. The lowest BCUT2D eigenvalue weighted by Crippen LogP contribution is -2.00. The van der Waals surface area contributed by atoms with E-state index in [1.54, 1.807) is 24.3 Å². The van der Waals surface area contributed by atoms with Gasteiger partial charge in [-0.15, -0.1) is 0 Å². The number of hydrogen-bond acceptors (Lipinski definition) is 4. The van der Waals surface area contributed by atoms with Crippen molar-refractivity contribution in [2.45, 2.75) is 6.61 Å². The average Bonchev–Trinajstić information content (AvgIpc) is 2.70. The van der Waals surface area contributed by atoms with Crippen molar-refractivity contribution in [2.24, 2.45) is 0 Å². The molecule has 1 aromatic heterocycles. The highest BCUT2D eigenvalue weighted by atomic mass is 16.5. The Balaban J connectivity index is 2.64. The van der Waals surface area contributed by atoms with Crippen molar-refractivity contribution < 1.29 is 19.1 Å². The third-order valence-corrected chi connectivity index (χ3v) is 2.17. The van der Waals surface area contributed by atoms with Crippen molar-refractivity contribution in [1.82, 2.24) is 0 Å². The van der Waals surface area contributed by atoms with E-state index >= 15 is 0 Å². The molecule has 78 valence electrons. The number of ether oxygens (including phenoxy) is 1. The average molecular weight is 206 g/mol. The van der Waals surface area contributed by atoms with Crippen LogP contribution in [0.1, 0.15) is 16.1 Å². The van der Waals surface area contributed by atoms with Gasteiger partial charge in [-0.1, -0.05) is 6.07 Å². The number of aliphatic hydroxyl groups excluding tert-OH is 1. The highest BCUT2D eigenvalue weighted by molar-refractivity contribution is 6.03. The second-order valence-corrected chi connectivity index (χ2v) is 3.08. The summed E-state index contributed by atoms with van der Waals surface area (Å²) in [4.78, 5) is 11.4. The second-order valence-electron chi connectivity index (χ2n) is 3.08. The summed E-state index contributed by atoms with van der Waals surface area (Å²) in [5, 5.41) is 9.58. The molecule has 4 heteroatoms. The fraction of sp³-hybridized carbons (Fsp3) is 0.182. The maximum atomic E-state index is 11.4. The first-order valence-corrected chi connectivity index (χ1v) is 4.47. The predicted molar refractivity (Wildman–Crippen MR) is 53.5 cm³/mol. The van der Waals surface area contributed by atoms with Gasteiger partial charge < -0.3 is 14.3 Å². The van der Waals surface area contributed by atoms with Crippen LogP contribution < -0.4 is 0 Å². The Morgan fingerprint density at radius 2 is 2.33 bits per heavy atom. The van der Waals surface area contributed by atoms with Crippen molar-refractivity contribution in [3.63, 3.8) is 0 Å². The molecule has 0 fully saturated rings. The van der Waals surface area contributed by atoms with Crippen LogP contribution in [0, 0.1) is 0 Å². The summed E-state index contributed by atoms with van der Waals surface area (Å²) in [6.45, 7) is -0.185. The highest BCUT2D eigenvalue weighted by Gasteiger charge is 2.13. The van der Waals surface area contributed by atoms with Crippen LogP contribution in [0.2, 0.25) is 0 Å². The van der Waals surface area contributed by atoms with Gasteiger partial charge in [0, 0.05) is 5.39 Å². The summed E-state index contributed by atoms with van der Waals surface area (Å²) >= 11 is 0. The SMILES string of the molecule is COC(=O)c1cccc2oc(CO)cc12. The van der Waals surface area contributed by atoms with E-state index < -0.39 is 5.97 Å². The van der Waals surface area contributed by atoms with Gasteiger partial charge in [0.25, 0.3) is 0 Å². The summed E-state index contributed by atoms with van der Waals surface area (Å²) in [6, 6.07) is 6.74. The third kappa shape index (κ3) is 1.59. The molecule has 1 aromatic carbocycles. The molecule has 0 amide bonds. The smallest absolute Gasteiger partial charge is 0.338 e. The van der Waals surface area contributed by atoms with Crippen LogP contribution in [-0.2, 0) is 11.3 Å². The number of rotatable bonds is 2. The topological polar surface area (TPSA) is 59.7 Å². The van der Waals surface area contributed by atoms with Crippen LogP contribution in [0.4, 0.5) is 0 Å². The maximum absolute atomic E-state index is 11.4. The van der Waals surface area contributed by atoms with Gasteiger partial charge in [0.15, 0.2) is 0 Å². The Morgan fingerprint density at radius 3 is 3.00 bits per heavy atom. The van der Waals surface area contributed by atoms with Crippen molar-refractivity contribution in [3.05, 3.63) is 35.6 Å². The first-order valence-electron chi connectivity index (χ1n) is 4.47. The molecule has 0 aliphatic heterocycles. The zero-order valence-corrected chi connectivity index (χ0v) is 8.19. The Morgan fingerprint density at radius 1 is 1.53 bits per heavy atom. The first-order chi connectivity index (χ1) is 7.26. The van der Waals surface area contributed by atoms with E-state index in [2.05, 4.69) is 4.74 Å². The number of furan rings is 1. The minimum absolute atomic E-state index is 0.185. The number of methoxy groups -OCH3 is 1. The van der Waals surface area contributed by atoms with Crippen molar-refractivity contribution in [3.8, 4) is 0 Å². The summed E-state index contributed by atoms with van der Waals surface area (Å²) in [6.07, 6.45) is 0. The maximum Gasteiger partial charge on any atom is 0.338 e. The quantitative estimate of drug-likeness (QED) is 0.760. The number of fused-ring (bicyclic) bond motifs is 1. The normalized spacial score (nSPS) is 10.5. The van der Waals surface area contributed by atoms with Crippen molar-refractivity contribution in [2.75, 3.05) is 7.11 Å². The fourth-order valence-electron chi connectivity index (χ4n) is 1.48. The molecule has 1 heterocycles. The highest BCUT2D eigenvalue weighted by Crippen LogP contribution is 2.23. The summed E-state index contributed by atoms with van der Waals surface area (Å²) < 4.78 is 9.94. The van der Waals surface area contributed by atoms with Gasteiger partial charge in [-0.3, -0.25) is 0 Å². The van der Waals surface area contributed by atoms with Crippen LogP contribution in [-0.4, -0.2) is 18.2 Å². The standard InChI is InChI=1S/C11H10O4/c1-14-11(13)8-3-2-4-10-9(8)5-7(6-12)15-10/h2-5,12H,6H2,1H3. The lowest BCUT2D eigenvalue weighted by molar-refractivity contribution is 0.0603. The van der Waals surface area contributed by atoms with E-state index in [-0.39, 0.29) is 6.61 Å². The van der Waals surface area contributed by atoms with Gasteiger partial charge in [0.1, 0.15) is 18.0 Å². The largest absolute Gasteiger partial charge is 0.465 e. The van der Waals surface area contributed by atoms with Gasteiger partial charge in [-0.05, 0) is 18.2 Å². The molecule has 4 nitrogen and oxygen atoms in total. The van der Waals surface area contributed by atoms with Gasteiger partial charge in [0.05, 0.1) is 12.7 Å². The van der Waals surface area contributed by atoms with Crippen LogP contribution in [0.25, 0.3) is 11.0 Å². The molecule has 0 spiro atoms. The van der Waals surface area contributed by atoms with Crippen molar-refractivity contribution >= 4 is 16.9 Å². The molecule has 0 saturated carbocycles. The van der Waals surface area contributed by atoms with E-state index in [1.165, 1.54) is 7.11 Å². The van der Waals surface area contributed by atoms with E-state index in [1.807, 2.05) is 0 Å². The Hall–Kier alpha value is -1.81. The van der Waals surface area contributed by atoms with Crippen LogP contribution >= 0.6 is 0 Å². The Labute approximate surface area is 86.1 Å². The lowest BCUT2D eigenvalue weighted by atomic mass is 10.1. The number of hydrogen-bond donors (Lipinski definition) is 1. The zero-order chi connectivity index (χ0) is 10.8. The van der Waals surface area contributed by atoms with Gasteiger partial charge in [-0.25, -0.2) is 4.79 Å². The molecule has 0 radical (unpaired) electrons. The molecule has 2 aromatic rings. The summed E-state index contributed by atoms with van der Waals surface area (Å²) in [7, 11) is 1.33. The number of carbonyl (C=O) groups excluding carboxylic acids is 1. The minimum atomic E-state index is -0.411. The molecule has 15 heavy (non-hydrogen) atoms. The molecular formula is C11H10O4. The molecule has 0 atom stereocenters. The molecule has 0 aliphatic rings. The fourth-order valence-corrected chi connectivity index (χ4v) is 1.48. The number of aliphatic hydroxyl groups is 1. The van der Waals surface area contributed by atoms with Gasteiger partial charge in [0.2, 0.25) is 0 Å². The first kappa shape index (κ1) is 9.73. The number of esters is 1. The van der Waals surface area contributed by atoms with Gasteiger partial charge >= 0.3 is 5.97 Å². The number of carbonyl (C=O) groups is 1. The van der Waals surface area contributed by atoms with Crippen LogP contribution in [0.3, 0.4) is 0 Å². The molecule has 0 saturated heterocycles. The van der Waals surface area contributed by atoms with E-state index in [0.717, 1.165) is 0 Å². The molecule has 0 aliphatic carbocycles. The zero-order valence-electron chi connectivity index (χ0n) is 8.19. The molecule has 0 bridgehead atoms. The van der Waals surface area contributed by atoms with Crippen molar-refractivity contribution in [1.29, 1.82) is 0 Å². The summed E-state index contributed by atoms with van der Waals surface area (Å²) in [5.74, 6) is 0.0206. The van der Waals surface area contributed by atoms with E-state index in [9.17, 15) is 4.79 Å². The van der Waals surface area contributed by atoms with Gasteiger partial charge in [-0.2, -0.15) is 0 Å². The molecular weight excluding hydrogens is 196 g/mol. The second kappa shape index (κ2) is 3.74. The lowest BCUT2D eigenvalue weighted by Gasteiger charge is -1.98. The summed E-state index contributed by atoms with van der Waals surface area (Å²) in [5.41, 5.74) is 1.01.